The van der Waals surface area contributed by atoms with Crippen LogP contribution in [-0.4, -0.2) is 16.6 Å². The van der Waals surface area contributed by atoms with Crippen LogP contribution in [0.5, 0.6) is 0 Å². The summed E-state index contributed by atoms with van der Waals surface area (Å²) >= 11 is 0. The molecule has 1 saturated carbocycles. The van der Waals surface area contributed by atoms with E-state index < -0.39 is 23.4 Å². The average molecular weight is 171 g/mol. The van der Waals surface area contributed by atoms with Gasteiger partial charge in [0, 0.05) is 6.42 Å². The standard InChI is InChI=1S/C8H7F2NO/c1-3-6(2,12)7(5-11)4-8(7,9)10/h1,12H,4H2,2H3/t6-,7-/m1/s1. The topological polar surface area (TPSA) is 44.0 Å². The third-order valence-corrected chi connectivity index (χ3v) is 2.29. The summed E-state index contributed by atoms with van der Waals surface area (Å²) in [4.78, 5) is 0. The van der Waals surface area contributed by atoms with Crippen molar-refractivity contribution in [2.45, 2.75) is 24.9 Å². The van der Waals surface area contributed by atoms with Gasteiger partial charge in [-0.2, -0.15) is 5.26 Å². The van der Waals surface area contributed by atoms with E-state index in [4.69, 9.17) is 11.7 Å². The Balaban J connectivity index is 3.06. The summed E-state index contributed by atoms with van der Waals surface area (Å²) in [5.74, 6) is -1.35. The molecule has 0 aromatic carbocycles. The number of aliphatic hydroxyl groups is 1. The number of rotatable bonds is 1. The molecule has 0 spiro atoms. The van der Waals surface area contributed by atoms with Gasteiger partial charge in [0.25, 0.3) is 5.92 Å². The molecule has 1 aliphatic rings. The van der Waals surface area contributed by atoms with E-state index in [1.165, 1.54) is 6.07 Å². The molecule has 0 aromatic rings. The average Bonchev–Trinajstić information content (AvgIpc) is 2.55. The first kappa shape index (κ1) is 8.96. The third kappa shape index (κ3) is 0.761. The Labute approximate surface area is 68.8 Å². The zero-order valence-electron chi connectivity index (χ0n) is 6.43. The summed E-state index contributed by atoms with van der Waals surface area (Å²) in [6, 6.07) is 1.39. The van der Waals surface area contributed by atoms with Gasteiger partial charge in [0.2, 0.25) is 0 Å². The smallest absolute Gasteiger partial charge is 0.272 e. The minimum atomic E-state index is -3.16. The van der Waals surface area contributed by atoms with E-state index in [-0.39, 0.29) is 0 Å². The summed E-state index contributed by atoms with van der Waals surface area (Å²) < 4.78 is 25.3. The van der Waals surface area contributed by atoms with Crippen LogP contribution < -0.4 is 0 Å². The molecule has 0 amide bonds. The first-order valence-corrected chi connectivity index (χ1v) is 3.32. The molecule has 0 aromatic heterocycles. The highest BCUT2D eigenvalue weighted by atomic mass is 19.3. The number of hydrogen-bond acceptors (Lipinski definition) is 2. The largest absolute Gasteiger partial charge is 0.376 e. The van der Waals surface area contributed by atoms with Crippen molar-refractivity contribution in [3.05, 3.63) is 0 Å². The maximum atomic E-state index is 12.7. The van der Waals surface area contributed by atoms with Crippen LogP contribution in [0.1, 0.15) is 13.3 Å². The SMILES string of the molecule is C#C[C@@](C)(O)[C@]1(C#N)CC1(F)F. The highest BCUT2D eigenvalue weighted by Crippen LogP contribution is 2.65. The Morgan fingerprint density at radius 3 is 2.17 bits per heavy atom. The zero-order valence-corrected chi connectivity index (χ0v) is 6.43. The summed E-state index contributed by atoms with van der Waals surface area (Å²) in [6.45, 7) is 1.05. The third-order valence-electron chi connectivity index (χ3n) is 2.29. The van der Waals surface area contributed by atoms with Crippen LogP contribution in [0, 0.1) is 29.1 Å². The van der Waals surface area contributed by atoms with Gasteiger partial charge in [-0.1, -0.05) is 5.92 Å². The summed E-state index contributed by atoms with van der Waals surface area (Å²) in [6.07, 6.45) is 4.19. The molecule has 1 rings (SSSR count). The molecule has 4 heteroatoms. The predicted octanol–water partition coefficient (Wildman–Crippen LogP) is 0.920. The Morgan fingerprint density at radius 2 is 2.08 bits per heavy atom. The Kier molecular flexibility index (Phi) is 1.47. The van der Waals surface area contributed by atoms with Crippen molar-refractivity contribution in [3.8, 4) is 18.4 Å². The van der Waals surface area contributed by atoms with Gasteiger partial charge >= 0.3 is 0 Å². The van der Waals surface area contributed by atoms with E-state index in [9.17, 15) is 13.9 Å². The van der Waals surface area contributed by atoms with Crippen molar-refractivity contribution < 1.29 is 13.9 Å². The van der Waals surface area contributed by atoms with Crippen molar-refractivity contribution in [2.24, 2.45) is 5.41 Å². The van der Waals surface area contributed by atoms with Crippen molar-refractivity contribution in [3.63, 3.8) is 0 Å². The number of terminal acetylenes is 1. The molecule has 2 nitrogen and oxygen atoms in total. The van der Waals surface area contributed by atoms with Crippen LogP contribution >= 0.6 is 0 Å². The monoisotopic (exact) mass is 171 g/mol. The normalized spacial score (nSPS) is 35.8. The molecular formula is C8H7F2NO. The number of hydrogen-bond donors (Lipinski definition) is 1. The van der Waals surface area contributed by atoms with Gasteiger partial charge in [-0.15, -0.1) is 6.42 Å². The van der Waals surface area contributed by atoms with E-state index in [0.717, 1.165) is 6.92 Å². The Hall–Kier alpha value is -1.13. The van der Waals surface area contributed by atoms with Crippen LogP contribution in [-0.2, 0) is 0 Å². The van der Waals surface area contributed by atoms with Crippen molar-refractivity contribution >= 4 is 0 Å². The molecule has 0 aliphatic heterocycles. The molecule has 1 N–H and O–H groups in total. The molecule has 1 aliphatic carbocycles. The first-order valence-electron chi connectivity index (χ1n) is 3.32. The summed E-state index contributed by atoms with van der Waals surface area (Å²) in [5, 5.41) is 17.8. The van der Waals surface area contributed by atoms with E-state index in [0.29, 0.717) is 0 Å². The Morgan fingerprint density at radius 1 is 1.67 bits per heavy atom. The van der Waals surface area contributed by atoms with Gasteiger partial charge in [0.05, 0.1) is 6.07 Å². The minimum Gasteiger partial charge on any atom is -0.376 e. The lowest BCUT2D eigenvalue weighted by Gasteiger charge is -2.21. The van der Waals surface area contributed by atoms with Crippen LogP contribution in [0.3, 0.4) is 0 Å². The lowest BCUT2D eigenvalue weighted by Crippen LogP contribution is -2.37. The summed E-state index contributed by atoms with van der Waals surface area (Å²) in [7, 11) is 0. The van der Waals surface area contributed by atoms with Crippen molar-refractivity contribution in [1.82, 2.24) is 0 Å². The number of halogens is 2. The second-order valence-corrected chi connectivity index (χ2v) is 3.11. The molecule has 64 valence electrons. The molecule has 0 heterocycles. The fraction of sp³-hybridized carbons (Fsp3) is 0.625. The quantitative estimate of drug-likeness (QED) is 0.596. The maximum absolute atomic E-state index is 12.7. The molecule has 0 saturated heterocycles. The second-order valence-electron chi connectivity index (χ2n) is 3.11. The van der Waals surface area contributed by atoms with Crippen LogP contribution in [0.25, 0.3) is 0 Å². The van der Waals surface area contributed by atoms with Gasteiger partial charge < -0.3 is 5.11 Å². The predicted molar refractivity (Wildman–Crippen MR) is 37.1 cm³/mol. The molecule has 0 bridgehead atoms. The first-order chi connectivity index (χ1) is 5.33. The Bertz CT molecular complexity index is 297. The maximum Gasteiger partial charge on any atom is 0.272 e. The van der Waals surface area contributed by atoms with E-state index in [1.54, 1.807) is 5.92 Å². The minimum absolute atomic E-state index is 0.659. The molecule has 1 fully saturated rings. The lowest BCUT2D eigenvalue weighted by atomic mass is 9.87. The van der Waals surface area contributed by atoms with Crippen LogP contribution in [0.4, 0.5) is 8.78 Å². The van der Waals surface area contributed by atoms with Crippen molar-refractivity contribution in [2.75, 3.05) is 0 Å². The molecule has 0 unspecified atom stereocenters. The van der Waals surface area contributed by atoms with Gasteiger partial charge in [-0.05, 0) is 6.92 Å². The van der Waals surface area contributed by atoms with Crippen LogP contribution in [0.15, 0.2) is 0 Å². The number of nitriles is 1. The zero-order chi connectivity index (χ0) is 9.62. The molecule has 12 heavy (non-hydrogen) atoms. The van der Waals surface area contributed by atoms with Gasteiger partial charge in [-0.3, -0.25) is 0 Å². The van der Waals surface area contributed by atoms with E-state index in [1.807, 2.05) is 0 Å². The second kappa shape index (κ2) is 1.97. The van der Waals surface area contributed by atoms with Gasteiger partial charge in [0.15, 0.2) is 5.41 Å². The molecule has 2 atom stereocenters. The van der Waals surface area contributed by atoms with E-state index in [2.05, 4.69) is 0 Å². The van der Waals surface area contributed by atoms with Crippen molar-refractivity contribution in [1.29, 1.82) is 5.26 Å². The summed E-state index contributed by atoms with van der Waals surface area (Å²) in [5.41, 5.74) is -4.12. The number of nitrogens with zero attached hydrogens (tertiary/aromatic N) is 1. The lowest BCUT2D eigenvalue weighted by molar-refractivity contribution is -0.0100. The number of alkyl halides is 2. The molecular weight excluding hydrogens is 164 g/mol. The van der Waals surface area contributed by atoms with Crippen LogP contribution in [0.2, 0.25) is 0 Å². The highest BCUT2D eigenvalue weighted by molar-refractivity contribution is 5.35. The fourth-order valence-electron chi connectivity index (χ4n) is 1.17. The highest BCUT2D eigenvalue weighted by Gasteiger charge is 2.79. The van der Waals surface area contributed by atoms with Gasteiger partial charge in [-0.25, -0.2) is 8.78 Å². The van der Waals surface area contributed by atoms with E-state index >= 15 is 0 Å². The molecule has 0 radical (unpaired) electrons. The fourth-order valence-corrected chi connectivity index (χ4v) is 1.17. The van der Waals surface area contributed by atoms with Gasteiger partial charge in [0.1, 0.15) is 5.60 Å².